The van der Waals surface area contributed by atoms with Crippen molar-refractivity contribution < 1.29 is 38.9 Å². The highest BCUT2D eigenvalue weighted by Gasteiger charge is 2.45. The first-order chi connectivity index (χ1) is 24.8. The predicted octanol–water partition coefficient (Wildman–Crippen LogP) is 6.65. The molecule has 0 bridgehead atoms. The van der Waals surface area contributed by atoms with Crippen molar-refractivity contribution in [1.29, 1.82) is 0 Å². The maximum atomic E-state index is 14.4. The topological polar surface area (TPSA) is 202 Å². The maximum Gasteiger partial charge on any atom is 0.414 e. The van der Waals surface area contributed by atoms with Crippen LogP contribution in [-0.2, 0) is 31.9 Å². The highest BCUT2D eigenvalue weighted by atomic mass is 16.6. The van der Waals surface area contributed by atoms with Crippen LogP contribution in [0.15, 0.2) is 41.4 Å². The number of hydrogen-bond donors (Lipinski definition) is 6. The number of phenolic OH excluding ortho intramolecular Hbond substituents is 2. The van der Waals surface area contributed by atoms with Gasteiger partial charge in [-0.3, -0.25) is 25.2 Å². The molecule has 2 rings (SSSR count). The minimum absolute atomic E-state index is 0.0980. The molecule has 2 atom stereocenters. The Morgan fingerprint density at radius 3 is 1.74 bits per heavy atom. The molecular formula is C41H63N5O8. The Kier molecular flexibility index (Phi) is 16.1. The molecule has 300 valence electrons. The number of nitrogens with two attached hydrogens (primary N) is 1. The van der Waals surface area contributed by atoms with Crippen LogP contribution in [0.1, 0.15) is 117 Å². The lowest BCUT2D eigenvalue weighted by Gasteiger charge is -2.39. The smallest absolute Gasteiger partial charge is 0.414 e. The van der Waals surface area contributed by atoms with E-state index in [-0.39, 0.29) is 42.6 Å². The van der Waals surface area contributed by atoms with Crippen molar-refractivity contribution in [2.24, 2.45) is 16.1 Å². The predicted molar refractivity (Wildman–Crippen MR) is 211 cm³/mol. The van der Waals surface area contributed by atoms with Crippen molar-refractivity contribution in [3.05, 3.63) is 58.7 Å². The summed E-state index contributed by atoms with van der Waals surface area (Å²) in [5.74, 6) is -0.420. The second-order valence-electron chi connectivity index (χ2n) is 17.0. The third kappa shape index (κ3) is 15.8. The lowest BCUT2D eigenvalue weighted by atomic mass is 9.72. The highest BCUT2D eigenvalue weighted by molar-refractivity contribution is 6.01. The van der Waals surface area contributed by atoms with E-state index in [4.69, 9.17) is 15.2 Å². The average molecular weight is 754 g/mol. The minimum Gasteiger partial charge on any atom is -0.508 e. The van der Waals surface area contributed by atoms with Gasteiger partial charge in [-0.15, -0.1) is 0 Å². The number of carbonyl (C=O) groups excluding carboxylic acids is 4. The molecule has 2 aromatic rings. The largest absolute Gasteiger partial charge is 0.508 e. The molecular weight excluding hydrogens is 690 g/mol. The zero-order chi connectivity index (χ0) is 41.1. The lowest BCUT2D eigenvalue weighted by molar-refractivity contribution is -0.138. The van der Waals surface area contributed by atoms with Crippen molar-refractivity contribution in [3.63, 3.8) is 0 Å². The van der Waals surface area contributed by atoms with Gasteiger partial charge in [0.15, 0.2) is 5.78 Å². The number of guanidine groups is 1. The van der Waals surface area contributed by atoms with Gasteiger partial charge in [0, 0.05) is 18.4 Å². The van der Waals surface area contributed by atoms with Crippen LogP contribution in [0.2, 0.25) is 0 Å². The van der Waals surface area contributed by atoms with Gasteiger partial charge < -0.3 is 30.7 Å². The number of nitrogens with zero attached hydrogens (tertiary/aromatic N) is 1. The van der Waals surface area contributed by atoms with Crippen LogP contribution in [0, 0.1) is 19.3 Å². The summed E-state index contributed by atoms with van der Waals surface area (Å²) in [5.41, 5.74) is 5.67. The number of unbranched alkanes of at least 4 members (excludes halogenated alkanes) is 3. The highest BCUT2D eigenvalue weighted by Crippen LogP contribution is 2.33. The van der Waals surface area contributed by atoms with E-state index in [1.165, 1.54) is 12.1 Å². The van der Waals surface area contributed by atoms with E-state index in [0.29, 0.717) is 43.2 Å². The lowest BCUT2D eigenvalue weighted by Crippen LogP contribution is -2.62. The summed E-state index contributed by atoms with van der Waals surface area (Å²) in [6.45, 7) is 19.7. The number of Topliss-reactive ketones (excluding diaryl/α,β-unsaturated/α-hetero) is 1. The number of amides is 3. The second-order valence-corrected chi connectivity index (χ2v) is 17.0. The summed E-state index contributed by atoms with van der Waals surface area (Å²) >= 11 is 0. The van der Waals surface area contributed by atoms with E-state index in [0.717, 1.165) is 11.1 Å². The molecule has 0 radical (unpaired) electrons. The van der Waals surface area contributed by atoms with Crippen molar-refractivity contribution in [2.75, 3.05) is 6.54 Å². The normalized spacial score (nSPS) is 13.6. The molecule has 3 amide bonds. The van der Waals surface area contributed by atoms with Gasteiger partial charge in [0.05, 0.1) is 6.04 Å². The molecule has 0 saturated carbocycles. The molecule has 54 heavy (non-hydrogen) atoms. The minimum atomic E-state index is -1.31. The molecule has 0 heterocycles. The molecule has 0 unspecified atom stereocenters. The molecule has 0 spiro atoms. The first kappa shape index (κ1) is 45.5. The Labute approximate surface area is 320 Å². The van der Waals surface area contributed by atoms with Gasteiger partial charge in [-0.05, 0) is 109 Å². The first-order valence-corrected chi connectivity index (χ1v) is 18.5. The van der Waals surface area contributed by atoms with Crippen molar-refractivity contribution in [2.45, 2.75) is 144 Å². The van der Waals surface area contributed by atoms with E-state index >= 15 is 0 Å². The Hall–Kier alpha value is -4.65. The third-order valence-electron chi connectivity index (χ3n) is 8.28. The number of ether oxygens (including phenoxy) is 2. The van der Waals surface area contributed by atoms with E-state index in [2.05, 4.69) is 20.9 Å². The van der Waals surface area contributed by atoms with E-state index < -0.39 is 46.3 Å². The standard InChI is InChI=1S/C41H63N5O8/c1-26-22-29(23-27(2)32(26)48)25-41(34(50)38(3,4)5,46-33(49)31(42)24-28-16-18-30(47)19-17-28)20-14-12-13-15-21-43-35(44-36(51)53-39(6,7)8)45-37(52)54-40(9,10)11/h16-19,22-23,31,47-48H,12-15,20-21,24-25,42H2,1-11H3,(H,46,49)(H2,43,44,45,51,52)/t31-,41-/m0/s1. The fourth-order valence-corrected chi connectivity index (χ4v) is 5.96. The zero-order valence-electron chi connectivity index (χ0n) is 34.1. The van der Waals surface area contributed by atoms with Gasteiger partial charge in [-0.1, -0.05) is 64.3 Å². The van der Waals surface area contributed by atoms with Crippen LogP contribution >= 0.6 is 0 Å². The molecule has 13 nitrogen and oxygen atoms in total. The molecule has 2 aromatic carbocycles. The van der Waals surface area contributed by atoms with E-state index in [1.54, 1.807) is 67.5 Å². The molecule has 0 fully saturated rings. The summed E-state index contributed by atoms with van der Waals surface area (Å²) < 4.78 is 10.6. The number of aliphatic imine (C=N–C) groups is 1. The van der Waals surface area contributed by atoms with Crippen LogP contribution in [0.25, 0.3) is 0 Å². The molecule has 0 aromatic heterocycles. The number of phenols is 2. The molecule has 7 N–H and O–H groups in total. The van der Waals surface area contributed by atoms with Crippen molar-refractivity contribution in [1.82, 2.24) is 16.0 Å². The molecule has 0 aliphatic heterocycles. The van der Waals surface area contributed by atoms with Crippen molar-refractivity contribution >= 4 is 29.8 Å². The van der Waals surface area contributed by atoms with Gasteiger partial charge in [0.2, 0.25) is 11.9 Å². The SMILES string of the molecule is Cc1cc(C[C@](CCCCCCN=C(NC(=O)OC(C)(C)C)NC(=O)OC(C)(C)C)(NC(=O)[C@@H](N)Cc2ccc(O)cc2)C(=O)C(C)(C)C)cc(C)c1O. The number of hydrogen-bond acceptors (Lipinski definition) is 10. The van der Waals surface area contributed by atoms with E-state index in [9.17, 15) is 29.4 Å². The second kappa shape index (κ2) is 19.1. The fourth-order valence-electron chi connectivity index (χ4n) is 5.96. The first-order valence-electron chi connectivity index (χ1n) is 18.5. The van der Waals surface area contributed by atoms with Gasteiger partial charge >= 0.3 is 12.2 Å². The van der Waals surface area contributed by atoms with Crippen LogP contribution < -0.4 is 21.7 Å². The monoisotopic (exact) mass is 753 g/mol. The number of ketones is 1. The van der Waals surface area contributed by atoms with Crippen molar-refractivity contribution in [3.8, 4) is 11.5 Å². The van der Waals surface area contributed by atoms with Crippen LogP contribution in [0.4, 0.5) is 9.59 Å². The summed E-state index contributed by atoms with van der Waals surface area (Å²) in [4.78, 5) is 57.5. The summed E-state index contributed by atoms with van der Waals surface area (Å²) in [6, 6.07) is 9.18. The molecule has 0 saturated heterocycles. The maximum absolute atomic E-state index is 14.4. The summed E-state index contributed by atoms with van der Waals surface area (Å²) in [5, 5.41) is 28.2. The van der Waals surface area contributed by atoms with Crippen LogP contribution in [-0.4, -0.2) is 69.4 Å². The Bertz CT molecular complexity index is 1580. The van der Waals surface area contributed by atoms with Gasteiger partial charge in [0.1, 0.15) is 28.2 Å². The number of alkyl carbamates (subject to hydrolysis) is 2. The van der Waals surface area contributed by atoms with Gasteiger partial charge in [0.25, 0.3) is 0 Å². The molecule has 13 heteroatoms. The average Bonchev–Trinajstić information content (AvgIpc) is 3.01. The zero-order valence-corrected chi connectivity index (χ0v) is 34.1. The van der Waals surface area contributed by atoms with E-state index in [1.807, 2.05) is 32.9 Å². The number of benzene rings is 2. The number of aromatic hydroxyl groups is 2. The summed E-state index contributed by atoms with van der Waals surface area (Å²) in [6.07, 6.45) is 1.73. The number of carbonyl (C=O) groups is 4. The number of rotatable bonds is 14. The van der Waals surface area contributed by atoms with Crippen LogP contribution in [0.3, 0.4) is 0 Å². The Morgan fingerprint density at radius 1 is 0.759 bits per heavy atom. The number of aryl methyl sites for hydroxylation is 2. The van der Waals surface area contributed by atoms with Crippen LogP contribution in [0.5, 0.6) is 11.5 Å². The summed E-state index contributed by atoms with van der Waals surface area (Å²) in [7, 11) is 0. The quantitative estimate of drug-likeness (QED) is 0.0694. The fraction of sp³-hybridized carbons (Fsp3) is 0.585. The molecule has 0 aliphatic rings. The molecule has 0 aliphatic carbocycles. The van der Waals surface area contributed by atoms with Gasteiger partial charge in [-0.25, -0.2) is 9.59 Å². The number of nitrogens with one attached hydrogen (secondary N) is 3. The Morgan fingerprint density at radius 2 is 1.26 bits per heavy atom. The van der Waals surface area contributed by atoms with Gasteiger partial charge in [-0.2, -0.15) is 0 Å². The Balaban J connectivity index is 2.29. The third-order valence-corrected chi connectivity index (χ3v) is 8.28.